The van der Waals surface area contributed by atoms with Crippen molar-refractivity contribution in [3.63, 3.8) is 0 Å². The third kappa shape index (κ3) is 2.27. The number of esters is 1. The van der Waals surface area contributed by atoms with E-state index in [-0.39, 0.29) is 34.4 Å². The Kier molecular flexibility index (Phi) is 3.98. The molecule has 5 fully saturated rings. The molecule has 1 aliphatic heterocycles. The summed E-state index contributed by atoms with van der Waals surface area (Å²) in [6.45, 7) is 10.6. The van der Waals surface area contributed by atoms with E-state index in [2.05, 4.69) is 20.8 Å². The van der Waals surface area contributed by atoms with E-state index in [1.165, 1.54) is 19.8 Å². The van der Waals surface area contributed by atoms with Gasteiger partial charge in [-0.05, 0) is 74.5 Å². The van der Waals surface area contributed by atoms with Gasteiger partial charge in [0, 0.05) is 24.7 Å². The summed E-state index contributed by atoms with van der Waals surface area (Å²) in [5, 5.41) is 0. The molecule has 0 aromatic carbocycles. The Morgan fingerprint density at radius 3 is 2.50 bits per heavy atom. The maximum atomic E-state index is 12.4. The SMILES string of the molecule is CC(=O)O[C@H]1CC[C@]2(C)[C@H]3CC[C@@]4(C)[C@H]([C@@H]3C[C@@H]3O[C@@]32C1)[C@@H](C)C[C@@H]4C(C)=O. The molecule has 28 heavy (non-hydrogen) atoms. The Bertz CT molecular complexity index is 717. The van der Waals surface area contributed by atoms with Crippen LogP contribution in [-0.4, -0.2) is 29.6 Å². The number of hydrogen-bond donors (Lipinski definition) is 0. The summed E-state index contributed by atoms with van der Waals surface area (Å²) in [6, 6.07) is 0. The summed E-state index contributed by atoms with van der Waals surface area (Å²) in [6.07, 6.45) is 7.89. The number of epoxide rings is 1. The van der Waals surface area contributed by atoms with Crippen LogP contribution >= 0.6 is 0 Å². The van der Waals surface area contributed by atoms with Gasteiger partial charge in [0.15, 0.2) is 0 Å². The van der Waals surface area contributed by atoms with E-state index in [4.69, 9.17) is 9.47 Å². The molecule has 156 valence electrons. The van der Waals surface area contributed by atoms with Gasteiger partial charge in [-0.1, -0.05) is 20.8 Å². The lowest BCUT2D eigenvalue weighted by Gasteiger charge is -2.59. The van der Waals surface area contributed by atoms with Gasteiger partial charge in [-0.15, -0.1) is 0 Å². The number of ether oxygens (including phenoxy) is 2. The van der Waals surface area contributed by atoms with Crippen molar-refractivity contribution >= 4 is 11.8 Å². The minimum absolute atomic E-state index is 0.0217. The molecular formula is C24H36O4. The molecule has 0 aromatic rings. The first kappa shape index (κ1) is 19.1. The fourth-order valence-electron chi connectivity index (χ4n) is 9.15. The Labute approximate surface area is 169 Å². The molecular weight excluding hydrogens is 352 g/mol. The molecule has 1 spiro atoms. The summed E-state index contributed by atoms with van der Waals surface area (Å²) >= 11 is 0. The van der Waals surface area contributed by atoms with Crippen LogP contribution < -0.4 is 0 Å². The first-order chi connectivity index (χ1) is 13.1. The highest BCUT2D eigenvalue weighted by Gasteiger charge is 2.76. The summed E-state index contributed by atoms with van der Waals surface area (Å²) in [4.78, 5) is 23.9. The number of fused-ring (bicyclic) bond motifs is 4. The molecule has 0 N–H and O–H groups in total. The number of ketones is 1. The minimum atomic E-state index is -0.167. The predicted molar refractivity (Wildman–Crippen MR) is 105 cm³/mol. The fraction of sp³-hybridized carbons (Fsp3) is 0.917. The van der Waals surface area contributed by atoms with Crippen LogP contribution in [0.3, 0.4) is 0 Å². The zero-order chi connectivity index (χ0) is 20.1. The Morgan fingerprint density at radius 1 is 1.07 bits per heavy atom. The van der Waals surface area contributed by atoms with Gasteiger partial charge in [0.25, 0.3) is 0 Å². The van der Waals surface area contributed by atoms with E-state index in [1.54, 1.807) is 0 Å². The molecule has 0 bridgehead atoms. The van der Waals surface area contributed by atoms with Crippen LogP contribution in [0.15, 0.2) is 0 Å². The number of hydrogen-bond acceptors (Lipinski definition) is 4. The largest absolute Gasteiger partial charge is 0.462 e. The van der Waals surface area contributed by atoms with Crippen molar-refractivity contribution in [2.75, 3.05) is 0 Å². The smallest absolute Gasteiger partial charge is 0.302 e. The predicted octanol–water partition coefficient (Wildman–Crippen LogP) is 4.54. The van der Waals surface area contributed by atoms with Crippen molar-refractivity contribution in [3.8, 4) is 0 Å². The zero-order valence-corrected chi connectivity index (χ0v) is 18.1. The molecule has 5 rings (SSSR count). The van der Waals surface area contributed by atoms with Gasteiger partial charge >= 0.3 is 5.97 Å². The van der Waals surface area contributed by atoms with E-state index in [1.807, 2.05) is 6.92 Å². The third-order valence-corrected chi connectivity index (χ3v) is 10.2. The fourth-order valence-corrected chi connectivity index (χ4v) is 9.15. The van der Waals surface area contributed by atoms with Gasteiger partial charge < -0.3 is 9.47 Å². The molecule has 0 unspecified atom stereocenters. The van der Waals surface area contributed by atoms with Crippen LogP contribution in [0.5, 0.6) is 0 Å². The van der Waals surface area contributed by atoms with Crippen molar-refractivity contribution in [1.29, 1.82) is 0 Å². The Balaban J connectivity index is 1.45. The number of carbonyl (C=O) groups excluding carboxylic acids is 2. The van der Waals surface area contributed by atoms with Crippen LogP contribution in [0.4, 0.5) is 0 Å². The Morgan fingerprint density at radius 2 is 1.82 bits per heavy atom. The summed E-state index contributed by atoms with van der Waals surface area (Å²) in [5.74, 6) is 3.09. The first-order valence-electron chi connectivity index (χ1n) is 11.5. The molecule has 10 atom stereocenters. The highest BCUT2D eigenvalue weighted by molar-refractivity contribution is 5.79. The third-order valence-electron chi connectivity index (χ3n) is 10.2. The summed E-state index contributed by atoms with van der Waals surface area (Å²) in [7, 11) is 0. The molecule has 1 heterocycles. The van der Waals surface area contributed by atoms with E-state index >= 15 is 0 Å². The molecule has 4 nitrogen and oxygen atoms in total. The lowest BCUT2D eigenvalue weighted by molar-refractivity contribution is -0.159. The van der Waals surface area contributed by atoms with Crippen molar-refractivity contribution in [1.82, 2.24) is 0 Å². The average molecular weight is 389 g/mol. The second-order valence-electron chi connectivity index (χ2n) is 11.3. The van der Waals surface area contributed by atoms with Crippen molar-refractivity contribution in [2.24, 2.45) is 40.4 Å². The second-order valence-corrected chi connectivity index (χ2v) is 11.3. The average Bonchev–Trinajstić information content (AvgIpc) is 3.21. The number of carbonyl (C=O) groups is 2. The van der Waals surface area contributed by atoms with Crippen LogP contribution in [0.25, 0.3) is 0 Å². The van der Waals surface area contributed by atoms with E-state index in [0.29, 0.717) is 35.6 Å². The molecule has 0 radical (unpaired) electrons. The second kappa shape index (κ2) is 5.83. The van der Waals surface area contributed by atoms with Gasteiger partial charge in [0.2, 0.25) is 0 Å². The molecule has 4 saturated carbocycles. The van der Waals surface area contributed by atoms with Crippen molar-refractivity contribution in [3.05, 3.63) is 0 Å². The maximum absolute atomic E-state index is 12.4. The van der Waals surface area contributed by atoms with Gasteiger partial charge in [-0.3, -0.25) is 9.59 Å². The standard InChI is InChI=1S/C24H36O4/c1-13-10-19(14(2)25)22(4)8-7-18-17(21(13)22)11-20-24(28-20)12-16(27-15(3)26)6-9-23(18,24)5/h13,16-21H,6-12H2,1-5H3/t13-,16-,17+,18-,19+,20-,21-,22+,23+,24-/m0/s1. The molecule has 0 aromatic heterocycles. The van der Waals surface area contributed by atoms with E-state index in [0.717, 1.165) is 32.1 Å². The maximum Gasteiger partial charge on any atom is 0.302 e. The van der Waals surface area contributed by atoms with Gasteiger partial charge in [0.05, 0.1) is 6.10 Å². The minimum Gasteiger partial charge on any atom is -0.462 e. The van der Waals surface area contributed by atoms with Crippen LogP contribution in [-0.2, 0) is 19.1 Å². The monoisotopic (exact) mass is 388 g/mol. The molecule has 1 saturated heterocycles. The molecule has 4 heteroatoms. The van der Waals surface area contributed by atoms with Crippen molar-refractivity contribution < 1.29 is 19.1 Å². The number of rotatable bonds is 2. The Hall–Kier alpha value is -0.900. The summed E-state index contributed by atoms with van der Waals surface area (Å²) in [5.41, 5.74) is 0.293. The van der Waals surface area contributed by atoms with Gasteiger partial charge in [0.1, 0.15) is 17.5 Å². The highest BCUT2D eigenvalue weighted by Crippen LogP contribution is 2.74. The van der Waals surface area contributed by atoms with Crippen molar-refractivity contribution in [2.45, 2.75) is 97.4 Å². The molecule has 0 amide bonds. The lowest BCUT2D eigenvalue weighted by Crippen LogP contribution is -2.59. The lowest BCUT2D eigenvalue weighted by atomic mass is 9.44. The van der Waals surface area contributed by atoms with Crippen LogP contribution in [0.2, 0.25) is 0 Å². The summed E-state index contributed by atoms with van der Waals surface area (Å²) < 4.78 is 12.1. The molecule has 4 aliphatic carbocycles. The first-order valence-corrected chi connectivity index (χ1v) is 11.5. The van der Waals surface area contributed by atoms with E-state index < -0.39 is 0 Å². The topological polar surface area (TPSA) is 55.9 Å². The van der Waals surface area contributed by atoms with Gasteiger partial charge in [-0.2, -0.15) is 0 Å². The molecule has 5 aliphatic rings. The van der Waals surface area contributed by atoms with E-state index in [9.17, 15) is 9.59 Å². The highest BCUT2D eigenvalue weighted by atomic mass is 16.6. The number of Topliss-reactive ketones (excluding diaryl/α,β-unsaturated/α-hetero) is 1. The van der Waals surface area contributed by atoms with Crippen LogP contribution in [0, 0.1) is 40.4 Å². The quantitative estimate of drug-likeness (QED) is 0.515. The van der Waals surface area contributed by atoms with Gasteiger partial charge in [-0.25, -0.2) is 0 Å². The normalized spacial score (nSPS) is 56.7. The zero-order valence-electron chi connectivity index (χ0n) is 18.1. The van der Waals surface area contributed by atoms with Crippen LogP contribution in [0.1, 0.15) is 79.6 Å².